The summed E-state index contributed by atoms with van der Waals surface area (Å²) in [6, 6.07) is 7.85. The summed E-state index contributed by atoms with van der Waals surface area (Å²) in [6.45, 7) is 5.58. The molecule has 3 nitrogen and oxygen atoms in total. The van der Waals surface area contributed by atoms with Crippen LogP contribution in [0.3, 0.4) is 0 Å². The van der Waals surface area contributed by atoms with E-state index in [2.05, 4.69) is 5.32 Å². The molecule has 3 N–H and O–H groups in total. The van der Waals surface area contributed by atoms with Gasteiger partial charge >= 0.3 is 0 Å². The van der Waals surface area contributed by atoms with Crippen LogP contribution in [-0.2, 0) is 4.79 Å². The second-order valence-electron chi connectivity index (χ2n) is 4.79. The minimum atomic E-state index is -0.108. The first-order valence-corrected chi connectivity index (χ1v) is 6.65. The molecule has 1 aromatic rings. The third-order valence-electron chi connectivity index (χ3n) is 2.19. The number of benzene rings is 1. The van der Waals surface area contributed by atoms with E-state index in [0.29, 0.717) is 0 Å². The van der Waals surface area contributed by atoms with Gasteiger partial charge in [-0.25, -0.2) is 0 Å². The highest BCUT2D eigenvalue weighted by Crippen LogP contribution is 2.22. The van der Waals surface area contributed by atoms with Crippen molar-refractivity contribution in [1.82, 2.24) is 0 Å². The van der Waals surface area contributed by atoms with E-state index in [9.17, 15) is 4.79 Å². The van der Waals surface area contributed by atoms with Crippen LogP contribution in [0.2, 0.25) is 0 Å². The maximum atomic E-state index is 10.9. The topological polar surface area (TPSA) is 55.1 Å². The normalized spacial score (nSPS) is 11.3. The van der Waals surface area contributed by atoms with E-state index in [-0.39, 0.29) is 11.4 Å². The van der Waals surface area contributed by atoms with Crippen molar-refractivity contribution in [1.29, 1.82) is 0 Å². The van der Waals surface area contributed by atoms with Gasteiger partial charge in [0, 0.05) is 23.0 Å². The molecule has 94 valence electrons. The number of anilines is 1. The molecule has 0 saturated carbocycles. The Hall–Kier alpha value is -1.00. The number of amides is 1. The predicted octanol–water partition coefficient (Wildman–Crippen LogP) is 2.86. The fourth-order valence-electron chi connectivity index (χ4n) is 1.27. The Kier molecular flexibility index (Phi) is 5.02. The molecule has 1 aromatic carbocycles. The quantitative estimate of drug-likeness (QED) is 0.792. The molecule has 0 aliphatic carbocycles. The summed E-state index contributed by atoms with van der Waals surface area (Å²) in [6.07, 6.45) is 0.977. The van der Waals surface area contributed by atoms with Crippen LogP contribution in [0.1, 0.15) is 27.2 Å². The molecule has 0 aromatic heterocycles. The van der Waals surface area contributed by atoms with Crippen molar-refractivity contribution < 1.29 is 4.79 Å². The second kappa shape index (κ2) is 6.07. The first-order chi connectivity index (χ1) is 7.87. The van der Waals surface area contributed by atoms with Crippen molar-refractivity contribution in [2.75, 3.05) is 11.1 Å². The SMILES string of the molecule is CC(=O)Nc1ccc(SCCC(C)(C)N)cc1. The summed E-state index contributed by atoms with van der Waals surface area (Å²) in [7, 11) is 0. The van der Waals surface area contributed by atoms with Gasteiger partial charge in [0.05, 0.1) is 0 Å². The minimum Gasteiger partial charge on any atom is -0.326 e. The van der Waals surface area contributed by atoms with Crippen LogP contribution in [0, 0.1) is 0 Å². The van der Waals surface area contributed by atoms with E-state index in [1.165, 1.54) is 11.8 Å². The molecule has 0 bridgehead atoms. The number of hydrogen-bond donors (Lipinski definition) is 2. The number of hydrogen-bond acceptors (Lipinski definition) is 3. The largest absolute Gasteiger partial charge is 0.326 e. The summed E-state index contributed by atoms with van der Waals surface area (Å²) in [4.78, 5) is 12.0. The Labute approximate surface area is 107 Å². The van der Waals surface area contributed by atoms with Crippen molar-refractivity contribution in [3.8, 4) is 0 Å². The second-order valence-corrected chi connectivity index (χ2v) is 5.96. The first-order valence-electron chi connectivity index (χ1n) is 5.66. The maximum Gasteiger partial charge on any atom is 0.221 e. The fraction of sp³-hybridized carbons (Fsp3) is 0.462. The van der Waals surface area contributed by atoms with Crippen LogP contribution in [-0.4, -0.2) is 17.2 Å². The Morgan fingerprint density at radius 1 is 1.35 bits per heavy atom. The van der Waals surface area contributed by atoms with Crippen LogP contribution >= 0.6 is 11.8 Å². The third-order valence-corrected chi connectivity index (χ3v) is 3.20. The third kappa shape index (κ3) is 6.34. The molecule has 0 spiro atoms. The summed E-state index contributed by atoms with van der Waals surface area (Å²) in [5, 5.41) is 2.74. The number of carbonyl (C=O) groups is 1. The predicted molar refractivity (Wildman–Crippen MR) is 74.4 cm³/mol. The lowest BCUT2D eigenvalue weighted by Gasteiger charge is -2.17. The highest BCUT2D eigenvalue weighted by atomic mass is 32.2. The fourth-order valence-corrected chi connectivity index (χ4v) is 2.46. The van der Waals surface area contributed by atoms with Gasteiger partial charge in [-0.15, -0.1) is 11.8 Å². The molecule has 1 rings (SSSR count). The van der Waals surface area contributed by atoms with Gasteiger partial charge < -0.3 is 11.1 Å². The van der Waals surface area contributed by atoms with Crippen LogP contribution in [0.4, 0.5) is 5.69 Å². The Bertz CT molecular complexity index is 368. The summed E-state index contributed by atoms with van der Waals surface area (Å²) in [5.74, 6) is 0.957. The van der Waals surface area contributed by atoms with Gasteiger partial charge in [0.25, 0.3) is 0 Å². The smallest absolute Gasteiger partial charge is 0.221 e. The minimum absolute atomic E-state index is 0.0460. The molecule has 0 aliphatic heterocycles. The van der Waals surface area contributed by atoms with Crippen molar-refractivity contribution in [2.45, 2.75) is 37.6 Å². The molecule has 0 atom stereocenters. The number of nitrogens with two attached hydrogens (primary N) is 1. The molecular formula is C13H20N2OS. The van der Waals surface area contributed by atoms with E-state index in [1.807, 2.05) is 38.1 Å². The molecule has 0 aliphatic rings. The van der Waals surface area contributed by atoms with E-state index in [1.54, 1.807) is 11.8 Å². The molecule has 0 saturated heterocycles. The van der Waals surface area contributed by atoms with Crippen LogP contribution < -0.4 is 11.1 Å². The van der Waals surface area contributed by atoms with Crippen LogP contribution in [0.5, 0.6) is 0 Å². The zero-order valence-corrected chi connectivity index (χ0v) is 11.4. The lowest BCUT2D eigenvalue weighted by atomic mass is 10.0. The van der Waals surface area contributed by atoms with Gasteiger partial charge in [0.2, 0.25) is 5.91 Å². The number of thioether (sulfide) groups is 1. The van der Waals surface area contributed by atoms with Crippen molar-refractivity contribution >= 4 is 23.4 Å². The molecule has 0 unspecified atom stereocenters. The first kappa shape index (κ1) is 14.1. The molecule has 17 heavy (non-hydrogen) atoms. The number of rotatable bonds is 5. The van der Waals surface area contributed by atoms with Gasteiger partial charge in [-0.1, -0.05) is 0 Å². The zero-order valence-electron chi connectivity index (χ0n) is 10.6. The van der Waals surface area contributed by atoms with E-state index in [0.717, 1.165) is 17.9 Å². The highest BCUT2D eigenvalue weighted by Gasteiger charge is 2.09. The van der Waals surface area contributed by atoms with Gasteiger partial charge in [0.1, 0.15) is 0 Å². The molecule has 1 amide bonds. The Balaban J connectivity index is 2.43. The molecular weight excluding hydrogens is 232 g/mol. The standard InChI is InChI=1S/C13H20N2OS/c1-10(16)15-11-4-6-12(7-5-11)17-9-8-13(2,3)14/h4-7H,8-9,14H2,1-3H3,(H,15,16). The lowest BCUT2D eigenvalue weighted by molar-refractivity contribution is -0.114. The summed E-state index contributed by atoms with van der Waals surface area (Å²) in [5.41, 5.74) is 6.64. The molecule has 0 heterocycles. The van der Waals surface area contributed by atoms with Crippen LogP contribution in [0.15, 0.2) is 29.2 Å². The summed E-state index contributed by atoms with van der Waals surface area (Å²) < 4.78 is 0. The van der Waals surface area contributed by atoms with E-state index < -0.39 is 0 Å². The average Bonchev–Trinajstić information content (AvgIpc) is 2.18. The van der Waals surface area contributed by atoms with Crippen molar-refractivity contribution in [3.05, 3.63) is 24.3 Å². The average molecular weight is 252 g/mol. The Morgan fingerprint density at radius 3 is 2.41 bits per heavy atom. The maximum absolute atomic E-state index is 10.9. The zero-order chi connectivity index (χ0) is 12.9. The highest BCUT2D eigenvalue weighted by molar-refractivity contribution is 7.99. The lowest BCUT2D eigenvalue weighted by Crippen LogP contribution is -2.32. The van der Waals surface area contributed by atoms with Gasteiger partial charge in [-0.2, -0.15) is 0 Å². The van der Waals surface area contributed by atoms with Crippen molar-refractivity contribution in [3.63, 3.8) is 0 Å². The molecule has 0 radical (unpaired) electrons. The van der Waals surface area contributed by atoms with Gasteiger partial charge in [-0.05, 0) is 50.3 Å². The van der Waals surface area contributed by atoms with E-state index >= 15 is 0 Å². The molecule has 4 heteroatoms. The number of nitrogens with one attached hydrogen (secondary N) is 1. The summed E-state index contributed by atoms with van der Waals surface area (Å²) >= 11 is 1.78. The molecule has 0 fully saturated rings. The Morgan fingerprint density at radius 2 is 1.94 bits per heavy atom. The van der Waals surface area contributed by atoms with Gasteiger partial charge in [-0.3, -0.25) is 4.79 Å². The van der Waals surface area contributed by atoms with Crippen LogP contribution in [0.25, 0.3) is 0 Å². The van der Waals surface area contributed by atoms with Gasteiger partial charge in [0.15, 0.2) is 0 Å². The van der Waals surface area contributed by atoms with Crippen molar-refractivity contribution in [2.24, 2.45) is 5.73 Å². The van der Waals surface area contributed by atoms with E-state index in [4.69, 9.17) is 5.73 Å². The number of carbonyl (C=O) groups excluding carboxylic acids is 1. The monoisotopic (exact) mass is 252 g/mol.